The lowest BCUT2D eigenvalue weighted by atomic mass is 10.1. The van der Waals surface area contributed by atoms with Crippen molar-refractivity contribution >= 4 is 11.7 Å². The first-order valence-electron chi connectivity index (χ1n) is 5.59. The molecule has 3 heteroatoms. The number of aryl methyl sites for hydroxylation is 1. The maximum absolute atomic E-state index is 10.9. The van der Waals surface area contributed by atoms with E-state index < -0.39 is 0 Å². The van der Waals surface area contributed by atoms with E-state index in [4.69, 9.17) is 0 Å². The number of nitrogens with one attached hydrogen (secondary N) is 1. The van der Waals surface area contributed by atoms with Gasteiger partial charge in [-0.1, -0.05) is 12.1 Å². The van der Waals surface area contributed by atoms with Crippen LogP contribution in [0.3, 0.4) is 0 Å². The Hall–Kier alpha value is -1.51. The van der Waals surface area contributed by atoms with Crippen LogP contribution in [0.2, 0.25) is 0 Å². The summed E-state index contributed by atoms with van der Waals surface area (Å²) in [5.74, 6) is -0.120. The summed E-state index contributed by atoms with van der Waals surface area (Å²) in [4.78, 5) is 10.9. The monoisotopic (exact) mass is 221 g/mol. The van der Waals surface area contributed by atoms with Gasteiger partial charge >= 0.3 is 5.97 Å². The number of unbranched alkanes of at least 4 members (excludes halogenated alkanes) is 1. The van der Waals surface area contributed by atoms with Gasteiger partial charge in [0.15, 0.2) is 0 Å². The zero-order chi connectivity index (χ0) is 11.8. The predicted octanol–water partition coefficient (Wildman–Crippen LogP) is 2.61. The lowest BCUT2D eigenvalue weighted by Crippen LogP contribution is -1.99. The third-order valence-corrected chi connectivity index (χ3v) is 2.57. The topological polar surface area (TPSA) is 38.3 Å². The summed E-state index contributed by atoms with van der Waals surface area (Å²) in [7, 11) is 3.34. The molecule has 0 unspecified atom stereocenters. The highest BCUT2D eigenvalue weighted by Gasteiger charge is 1.99. The molecular formula is C13H19NO2. The van der Waals surface area contributed by atoms with E-state index in [1.165, 1.54) is 12.7 Å². The first-order chi connectivity index (χ1) is 7.76. The lowest BCUT2D eigenvalue weighted by molar-refractivity contribution is -0.140. The van der Waals surface area contributed by atoms with Crippen molar-refractivity contribution in [2.45, 2.75) is 25.7 Å². The van der Waals surface area contributed by atoms with Crippen molar-refractivity contribution in [3.8, 4) is 0 Å². The Bertz CT molecular complexity index is 319. The molecule has 3 nitrogen and oxygen atoms in total. The molecule has 0 aliphatic carbocycles. The highest BCUT2D eigenvalue weighted by molar-refractivity contribution is 5.68. The van der Waals surface area contributed by atoms with Gasteiger partial charge in [-0.05, 0) is 37.0 Å². The average Bonchev–Trinajstić information content (AvgIpc) is 2.35. The fourth-order valence-corrected chi connectivity index (χ4v) is 1.54. The Kier molecular flexibility index (Phi) is 5.40. The van der Waals surface area contributed by atoms with Crippen molar-refractivity contribution in [1.29, 1.82) is 0 Å². The van der Waals surface area contributed by atoms with E-state index in [0.717, 1.165) is 24.9 Å². The molecule has 0 fully saturated rings. The Morgan fingerprint density at radius 2 is 1.94 bits per heavy atom. The lowest BCUT2D eigenvalue weighted by Gasteiger charge is -2.03. The summed E-state index contributed by atoms with van der Waals surface area (Å²) >= 11 is 0. The second-order valence-corrected chi connectivity index (χ2v) is 3.73. The number of esters is 1. The first-order valence-corrected chi connectivity index (χ1v) is 5.59. The molecule has 0 bridgehead atoms. The number of rotatable bonds is 6. The van der Waals surface area contributed by atoms with E-state index in [2.05, 4.69) is 34.3 Å². The van der Waals surface area contributed by atoms with Crippen LogP contribution in [-0.2, 0) is 16.0 Å². The molecular weight excluding hydrogens is 202 g/mol. The molecule has 1 N–H and O–H groups in total. The maximum atomic E-state index is 10.9. The molecule has 0 aliphatic rings. The minimum Gasteiger partial charge on any atom is -0.469 e. The molecule has 0 atom stereocenters. The van der Waals surface area contributed by atoms with E-state index >= 15 is 0 Å². The number of anilines is 1. The molecule has 1 aromatic rings. The van der Waals surface area contributed by atoms with Gasteiger partial charge < -0.3 is 10.1 Å². The SMILES string of the molecule is CNc1ccc(CCCCC(=O)OC)cc1. The third kappa shape index (κ3) is 4.34. The van der Waals surface area contributed by atoms with E-state index in [1.807, 2.05) is 7.05 Å². The Labute approximate surface area is 96.8 Å². The van der Waals surface area contributed by atoms with Gasteiger partial charge in [-0.15, -0.1) is 0 Å². The van der Waals surface area contributed by atoms with Crippen LogP contribution in [0.25, 0.3) is 0 Å². The Morgan fingerprint density at radius 3 is 2.50 bits per heavy atom. The molecule has 0 saturated heterocycles. The second kappa shape index (κ2) is 6.88. The number of carbonyl (C=O) groups is 1. The summed E-state index contributed by atoms with van der Waals surface area (Å²) in [6.07, 6.45) is 3.44. The number of hydrogen-bond donors (Lipinski definition) is 1. The summed E-state index contributed by atoms with van der Waals surface area (Å²) in [6.45, 7) is 0. The molecule has 0 amide bonds. The first kappa shape index (κ1) is 12.6. The van der Waals surface area contributed by atoms with Gasteiger partial charge in [0.25, 0.3) is 0 Å². The van der Waals surface area contributed by atoms with Gasteiger partial charge in [0.2, 0.25) is 0 Å². The fraction of sp³-hybridized carbons (Fsp3) is 0.462. The van der Waals surface area contributed by atoms with E-state index in [1.54, 1.807) is 0 Å². The molecule has 88 valence electrons. The van der Waals surface area contributed by atoms with Crippen molar-refractivity contribution in [3.05, 3.63) is 29.8 Å². The zero-order valence-electron chi connectivity index (χ0n) is 9.95. The predicted molar refractivity (Wildman–Crippen MR) is 65.6 cm³/mol. The summed E-state index contributed by atoms with van der Waals surface area (Å²) in [6, 6.07) is 8.36. The number of carbonyl (C=O) groups excluding carboxylic acids is 1. The number of benzene rings is 1. The van der Waals surface area contributed by atoms with Crippen LogP contribution in [0, 0.1) is 0 Å². The van der Waals surface area contributed by atoms with Gasteiger partial charge in [-0.3, -0.25) is 4.79 Å². The Morgan fingerprint density at radius 1 is 1.25 bits per heavy atom. The smallest absolute Gasteiger partial charge is 0.305 e. The third-order valence-electron chi connectivity index (χ3n) is 2.57. The van der Waals surface area contributed by atoms with Gasteiger partial charge in [0, 0.05) is 19.2 Å². The summed E-state index contributed by atoms with van der Waals surface area (Å²) in [5.41, 5.74) is 2.43. The largest absolute Gasteiger partial charge is 0.469 e. The van der Waals surface area contributed by atoms with E-state index in [0.29, 0.717) is 6.42 Å². The molecule has 0 aliphatic heterocycles. The molecule has 0 saturated carbocycles. The molecule has 1 aromatic carbocycles. The molecule has 0 heterocycles. The van der Waals surface area contributed by atoms with Crippen molar-refractivity contribution in [2.75, 3.05) is 19.5 Å². The highest BCUT2D eigenvalue weighted by Crippen LogP contribution is 2.11. The number of ether oxygens (including phenoxy) is 1. The molecule has 0 aromatic heterocycles. The Balaban J connectivity index is 2.24. The van der Waals surface area contributed by atoms with Crippen molar-refractivity contribution in [1.82, 2.24) is 0 Å². The minimum absolute atomic E-state index is 0.120. The standard InChI is InChI=1S/C13H19NO2/c1-14-12-9-7-11(8-10-12)5-3-4-6-13(15)16-2/h7-10,14H,3-6H2,1-2H3. The summed E-state index contributed by atoms with van der Waals surface area (Å²) in [5, 5.41) is 3.08. The van der Waals surface area contributed by atoms with Crippen molar-refractivity contribution in [3.63, 3.8) is 0 Å². The van der Waals surface area contributed by atoms with Crippen LogP contribution in [0.4, 0.5) is 5.69 Å². The van der Waals surface area contributed by atoms with Gasteiger partial charge in [-0.25, -0.2) is 0 Å². The van der Waals surface area contributed by atoms with Crippen molar-refractivity contribution in [2.24, 2.45) is 0 Å². The van der Waals surface area contributed by atoms with Crippen LogP contribution in [0.5, 0.6) is 0 Å². The minimum atomic E-state index is -0.120. The molecule has 1 rings (SSSR count). The van der Waals surface area contributed by atoms with Crippen LogP contribution in [-0.4, -0.2) is 20.1 Å². The van der Waals surface area contributed by atoms with E-state index in [9.17, 15) is 4.79 Å². The van der Waals surface area contributed by atoms with Gasteiger partial charge in [0.05, 0.1) is 7.11 Å². The average molecular weight is 221 g/mol. The number of hydrogen-bond acceptors (Lipinski definition) is 3. The second-order valence-electron chi connectivity index (χ2n) is 3.73. The zero-order valence-corrected chi connectivity index (χ0v) is 9.95. The fourth-order valence-electron chi connectivity index (χ4n) is 1.54. The van der Waals surface area contributed by atoms with Gasteiger partial charge in [0.1, 0.15) is 0 Å². The summed E-state index contributed by atoms with van der Waals surface area (Å²) < 4.78 is 4.59. The maximum Gasteiger partial charge on any atom is 0.305 e. The van der Waals surface area contributed by atoms with Crippen LogP contribution in [0.1, 0.15) is 24.8 Å². The highest BCUT2D eigenvalue weighted by atomic mass is 16.5. The van der Waals surface area contributed by atoms with Crippen LogP contribution >= 0.6 is 0 Å². The molecule has 16 heavy (non-hydrogen) atoms. The van der Waals surface area contributed by atoms with E-state index in [-0.39, 0.29) is 5.97 Å². The van der Waals surface area contributed by atoms with Gasteiger partial charge in [-0.2, -0.15) is 0 Å². The van der Waals surface area contributed by atoms with Crippen LogP contribution in [0.15, 0.2) is 24.3 Å². The molecule has 0 radical (unpaired) electrons. The van der Waals surface area contributed by atoms with Crippen molar-refractivity contribution < 1.29 is 9.53 Å². The van der Waals surface area contributed by atoms with Crippen LogP contribution < -0.4 is 5.32 Å². The molecule has 0 spiro atoms. The normalized spacial score (nSPS) is 9.88. The quantitative estimate of drug-likeness (QED) is 0.592. The number of methoxy groups -OCH3 is 1.